The number of azide groups is 1. The molecule has 0 saturated carbocycles. The predicted octanol–water partition coefficient (Wildman–Crippen LogP) is 1.10. The molecule has 16 heteroatoms. The van der Waals surface area contributed by atoms with E-state index in [1.54, 1.807) is 30.3 Å². The number of nitrogens with zero attached hydrogens (tertiary/aromatic N) is 3. The summed E-state index contributed by atoms with van der Waals surface area (Å²) in [5.74, 6) is -4.26. The Morgan fingerprint density at radius 2 is 1.82 bits per heavy atom. The second-order valence-electron chi connectivity index (χ2n) is 9.37. The SMILES string of the molecule is C#CCO[C@H]1C[C@](OCc2ccccc2)(C(=O)OC)O[C@@H]([C@H](OC(C)=O)[C@@H](CN=[N+]=[N-])OC(C)=O)[C@@H]1NC(=O)COC(C)=O. The minimum atomic E-state index is -2.25. The van der Waals surface area contributed by atoms with Crippen LogP contribution < -0.4 is 5.32 Å². The van der Waals surface area contributed by atoms with Crippen LogP contribution in [0.2, 0.25) is 0 Å². The van der Waals surface area contributed by atoms with Crippen LogP contribution in [0.25, 0.3) is 10.4 Å². The van der Waals surface area contributed by atoms with Crippen molar-refractivity contribution < 1.29 is 57.1 Å². The highest BCUT2D eigenvalue weighted by atomic mass is 16.7. The zero-order chi connectivity index (χ0) is 32.7. The number of benzene rings is 1. The zero-order valence-corrected chi connectivity index (χ0v) is 24.6. The van der Waals surface area contributed by atoms with Gasteiger partial charge in [-0.3, -0.25) is 19.2 Å². The number of nitrogens with one attached hydrogen (secondary N) is 1. The minimum Gasteiger partial charge on any atom is -0.465 e. The van der Waals surface area contributed by atoms with Gasteiger partial charge < -0.3 is 38.5 Å². The van der Waals surface area contributed by atoms with Gasteiger partial charge in [0.15, 0.2) is 12.7 Å². The monoisotopic (exact) mass is 618 g/mol. The van der Waals surface area contributed by atoms with Crippen LogP contribution in [0.15, 0.2) is 35.4 Å². The van der Waals surface area contributed by atoms with Crippen LogP contribution in [0.4, 0.5) is 0 Å². The molecular formula is C28H34N4O12. The Hall–Kier alpha value is -4.68. The largest absolute Gasteiger partial charge is 0.465 e. The number of carbonyl (C=O) groups is 5. The molecular weight excluding hydrogens is 584 g/mol. The molecule has 1 aliphatic rings. The van der Waals surface area contributed by atoms with Crippen molar-refractivity contribution >= 4 is 29.8 Å². The highest BCUT2D eigenvalue weighted by Crippen LogP contribution is 2.37. The van der Waals surface area contributed by atoms with Crippen LogP contribution in [0, 0.1) is 12.3 Å². The van der Waals surface area contributed by atoms with Gasteiger partial charge in [-0.05, 0) is 11.1 Å². The average molecular weight is 619 g/mol. The Balaban J connectivity index is 2.73. The highest BCUT2D eigenvalue weighted by Gasteiger charge is 2.58. The highest BCUT2D eigenvalue weighted by molar-refractivity contribution is 5.81. The minimum absolute atomic E-state index is 0.168. The van der Waals surface area contributed by atoms with E-state index in [1.807, 2.05) is 0 Å². The summed E-state index contributed by atoms with van der Waals surface area (Å²) < 4.78 is 38.8. The van der Waals surface area contributed by atoms with E-state index in [9.17, 15) is 24.0 Å². The third-order valence-electron chi connectivity index (χ3n) is 6.11. The molecule has 0 unspecified atom stereocenters. The Morgan fingerprint density at radius 3 is 2.39 bits per heavy atom. The van der Waals surface area contributed by atoms with E-state index in [-0.39, 0.29) is 13.2 Å². The van der Waals surface area contributed by atoms with E-state index in [1.165, 1.54) is 0 Å². The number of esters is 4. The normalized spacial score (nSPS) is 22.1. The van der Waals surface area contributed by atoms with Crippen LogP contribution in [0.3, 0.4) is 0 Å². The van der Waals surface area contributed by atoms with Gasteiger partial charge in [0.25, 0.3) is 11.7 Å². The van der Waals surface area contributed by atoms with E-state index in [2.05, 4.69) is 21.3 Å². The van der Waals surface area contributed by atoms with Gasteiger partial charge in [0.2, 0.25) is 0 Å². The first kappa shape index (κ1) is 35.5. The standard InChI is InChI=1S/C28H34N4O12/c1-6-12-39-21-13-28(27(37)38-5,41-15-20-10-8-7-9-11-20)44-26(24(21)31-23(36)16-40-17(2)33)25(43-19(4)35)22(14-30-32-29)42-18(3)34/h1,7-11,21-22,24-26H,12-16H2,2-5H3,(H,31,36)/t21-,22+,24+,25+,26+,28+/m0/s1. The first-order chi connectivity index (χ1) is 21.0. The molecule has 1 fully saturated rings. The van der Waals surface area contributed by atoms with Crippen LogP contribution in [-0.2, 0) is 63.7 Å². The van der Waals surface area contributed by atoms with Crippen molar-refractivity contribution in [3.8, 4) is 12.3 Å². The first-order valence-electron chi connectivity index (χ1n) is 13.2. The molecule has 1 heterocycles. The number of carbonyl (C=O) groups excluding carboxylic acids is 5. The number of terminal acetylenes is 1. The Labute approximate surface area is 253 Å². The van der Waals surface area contributed by atoms with E-state index < -0.39 is 85.6 Å². The van der Waals surface area contributed by atoms with E-state index in [0.717, 1.165) is 27.9 Å². The van der Waals surface area contributed by atoms with Crippen LogP contribution >= 0.6 is 0 Å². The van der Waals surface area contributed by atoms with Crippen LogP contribution in [0.5, 0.6) is 0 Å². The molecule has 0 radical (unpaired) electrons. The molecule has 44 heavy (non-hydrogen) atoms. The summed E-state index contributed by atoms with van der Waals surface area (Å²) in [6.07, 6.45) is -0.892. The van der Waals surface area contributed by atoms with Gasteiger partial charge in [-0.15, -0.1) is 6.42 Å². The molecule has 1 aliphatic heterocycles. The number of amides is 1. The van der Waals surface area contributed by atoms with E-state index in [4.69, 9.17) is 45.1 Å². The van der Waals surface area contributed by atoms with Gasteiger partial charge in [-0.25, -0.2) is 4.79 Å². The molecule has 1 aromatic rings. The van der Waals surface area contributed by atoms with Crippen LogP contribution in [-0.4, -0.2) is 92.9 Å². The molecule has 2 rings (SSSR count). The molecule has 6 atom stereocenters. The summed E-state index contributed by atoms with van der Waals surface area (Å²) in [6, 6.07) is 7.43. The molecule has 0 spiro atoms. The number of hydrogen-bond acceptors (Lipinski definition) is 13. The van der Waals surface area contributed by atoms with Gasteiger partial charge in [-0.2, -0.15) is 0 Å². The number of rotatable bonds is 15. The summed E-state index contributed by atoms with van der Waals surface area (Å²) in [6.45, 7) is 1.48. The number of ether oxygens (including phenoxy) is 7. The molecule has 1 saturated heterocycles. The van der Waals surface area contributed by atoms with E-state index >= 15 is 0 Å². The van der Waals surface area contributed by atoms with Crippen molar-refractivity contribution in [1.29, 1.82) is 0 Å². The van der Waals surface area contributed by atoms with E-state index in [0.29, 0.717) is 5.56 Å². The first-order valence-corrected chi connectivity index (χ1v) is 13.2. The fourth-order valence-electron chi connectivity index (χ4n) is 4.40. The maximum absolute atomic E-state index is 13.4. The zero-order valence-electron chi connectivity index (χ0n) is 24.6. The molecule has 16 nitrogen and oxygen atoms in total. The summed E-state index contributed by atoms with van der Waals surface area (Å²) >= 11 is 0. The molecule has 1 aromatic carbocycles. The maximum atomic E-state index is 13.4. The molecule has 1 amide bonds. The Bertz CT molecular complexity index is 1260. The van der Waals surface area contributed by atoms with Gasteiger partial charge >= 0.3 is 23.9 Å². The van der Waals surface area contributed by atoms with Gasteiger partial charge in [0.05, 0.1) is 32.4 Å². The molecule has 0 bridgehead atoms. The molecule has 0 aliphatic carbocycles. The fraction of sp³-hybridized carbons (Fsp3) is 0.536. The van der Waals surface area contributed by atoms with Gasteiger partial charge in [-0.1, -0.05) is 41.4 Å². The number of methoxy groups -OCH3 is 1. The fourth-order valence-corrected chi connectivity index (χ4v) is 4.40. The molecule has 0 aromatic heterocycles. The van der Waals surface area contributed by atoms with Crippen molar-refractivity contribution in [1.82, 2.24) is 5.32 Å². The topological polar surface area (TPSA) is 211 Å². The number of hydrogen-bond donors (Lipinski definition) is 1. The Kier molecular flexibility index (Phi) is 14.1. The van der Waals surface area contributed by atoms with Crippen molar-refractivity contribution in [3.63, 3.8) is 0 Å². The Morgan fingerprint density at radius 1 is 1.14 bits per heavy atom. The quantitative estimate of drug-likeness (QED) is 0.0731. The van der Waals surface area contributed by atoms with Crippen molar-refractivity contribution in [3.05, 3.63) is 46.3 Å². The lowest BCUT2D eigenvalue weighted by Crippen LogP contribution is -2.69. The molecule has 238 valence electrons. The van der Waals surface area contributed by atoms with Crippen molar-refractivity contribution in [2.75, 3.05) is 26.9 Å². The second kappa shape index (κ2) is 17.4. The van der Waals surface area contributed by atoms with Crippen molar-refractivity contribution in [2.24, 2.45) is 5.11 Å². The van der Waals surface area contributed by atoms with Gasteiger partial charge in [0, 0.05) is 32.1 Å². The van der Waals surface area contributed by atoms with Crippen molar-refractivity contribution in [2.45, 2.75) is 70.0 Å². The van der Waals surface area contributed by atoms with Gasteiger partial charge in [0.1, 0.15) is 18.8 Å². The predicted molar refractivity (Wildman–Crippen MR) is 148 cm³/mol. The summed E-state index contributed by atoms with van der Waals surface area (Å²) in [5.41, 5.74) is 9.61. The third kappa shape index (κ3) is 10.5. The lowest BCUT2D eigenvalue weighted by atomic mass is 9.87. The summed E-state index contributed by atoms with van der Waals surface area (Å²) in [5, 5.41) is 6.04. The van der Waals surface area contributed by atoms with Crippen LogP contribution in [0.1, 0.15) is 32.8 Å². The summed E-state index contributed by atoms with van der Waals surface area (Å²) in [7, 11) is 1.09. The second-order valence-corrected chi connectivity index (χ2v) is 9.37. The smallest absolute Gasteiger partial charge is 0.366 e. The average Bonchev–Trinajstić information content (AvgIpc) is 2.99. The molecule has 1 N–H and O–H groups in total. The third-order valence-corrected chi connectivity index (χ3v) is 6.11. The lowest BCUT2D eigenvalue weighted by Gasteiger charge is -2.48. The maximum Gasteiger partial charge on any atom is 0.366 e. The lowest BCUT2D eigenvalue weighted by molar-refractivity contribution is -0.318. The summed E-state index contributed by atoms with van der Waals surface area (Å²) in [4.78, 5) is 64.6.